The topological polar surface area (TPSA) is 83.9 Å². The van der Waals surface area contributed by atoms with E-state index in [1.807, 2.05) is 6.07 Å². The maximum absolute atomic E-state index is 12.8. The second-order valence-corrected chi connectivity index (χ2v) is 9.08. The van der Waals surface area contributed by atoms with Crippen LogP contribution in [0.25, 0.3) is 11.1 Å². The Bertz CT molecular complexity index is 1150. The second-order valence-electron chi connectivity index (χ2n) is 6.60. The molecule has 0 fully saturated rings. The Kier molecular flexibility index (Phi) is 6.77. The summed E-state index contributed by atoms with van der Waals surface area (Å²) >= 11 is 6.10. The van der Waals surface area contributed by atoms with Crippen molar-refractivity contribution in [1.29, 1.82) is 0 Å². The van der Waals surface area contributed by atoms with Crippen LogP contribution in [0.4, 0.5) is 0 Å². The van der Waals surface area contributed by atoms with Crippen LogP contribution >= 0.6 is 11.6 Å². The number of aliphatic carboxylic acids is 1. The van der Waals surface area contributed by atoms with Crippen LogP contribution in [0.5, 0.6) is 5.75 Å². The third-order valence-electron chi connectivity index (χ3n) is 4.39. The van der Waals surface area contributed by atoms with E-state index in [2.05, 4.69) is 0 Å². The maximum atomic E-state index is 12.8. The van der Waals surface area contributed by atoms with Crippen LogP contribution in [0.3, 0.4) is 0 Å². The summed E-state index contributed by atoms with van der Waals surface area (Å²) in [6.45, 7) is -0.362. The van der Waals surface area contributed by atoms with Crippen molar-refractivity contribution in [2.75, 3.05) is 13.7 Å². The zero-order valence-electron chi connectivity index (χ0n) is 16.2. The van der Waals surface area contributed by atoms with E-state index in [4.69, 9.17) is 21.4 Å². The quantitative estimate of drug-likeness (QED) is 0.559. The highest BCUT2D eigenvalue weighted by Gasteiger charge is 2.21. The van der Waals surface area contributed by atoms with Gasteiger partial charge in [0.1, 0.15) is 5.75 Å². The molecular weight excluding hydrogens is 426 g/mol. The van der Waals surface area contributed by atoms with E-state index in [0.29, 0.717) is 16.3 Å². The first-order chi connectivity index (χ1) is 14.3. The number of carbonyl (C=O) groups is 1. The molecule has 0 saturated heterocycles. The Labute approximate surface area is 180 Å². The van der Waals surface area contributed by atoms with Crippen LogP contribution < -0.4 is 4.74 Å². The van der Waals surface area contributed by atoms with Gasteiger partial charge in [-0.15, -0.1) is 0 Å². The van der Waals surface area contributed by atoms with E-state index in [1.165, 1.54) is 11.4 Å². The van der Waals surface area contributed by atoms with Gasteiger partial charge in [-0.25, -0.2) is 13.2 Å². The van der Waals surface area contributed by atoms with E-state index in [-0.39, 0.29) is 11.4 Å². The maximum Gasteiger partial charge on any atom is 0.341 e. The predicted octanol–water partition coefficient (Wildman–Crippen LogP) is 4.29. The Morgan fingerprint density at radius 2 is 1.77 bits per heavy atom. The van der Waals surface area contributed by atoms with Gasteiger partial charge >= 0.3 is 5.97 Å². The van der Waals surface area contributed by atoms with Gasteiger partial charge in [-0.1, -0.05) is 48.0 Å². The molecule has 0 saturated carbocycles. The summed E-state index contributed by atoms with van der Waals surface area (Å²) < 4.78 is 32.3. The SMILES string of the molecule is CN(Cc1ccc(OCC(=O)O)c(-c2cccc(Cl)c2)c1)S(=O)(=O)c1ccccc1. The molecule has 8 heteroatoms. The summed E-state index contributed by atoms with van der Waals surface area (Å²) in [6, 6.07) is 20.4. The number of ether oxygens (including phenoxy) is 1. The highest BCUT2D eigenvalue weighted by atomic mass is 35.5. The van der Waals surface area contributed by atoms with Gasteiger partial charge in [0, 0.05) is 24.2 Å². The number of hydrogen-bond acceptors (Lipinski definition) is 4. The van der Waals surface area contributed by atoms with E-state index < -0.39 is 22.6 Å². The lowest BCUT2D eigenvalue weighted by Gasteiger charge is -2.19. The normalized spacial score (nSPS) is 11.4. The minimum atomic E-state index is -3.65. The van der Waals surface area contributed by atoms with E-state index in [0.717, 1.165) is 11.1 Å². The number of benzene rings is 3. The molecule has 0 unspecified atom stereocenters. The van der Waals surface area contributed by atoms with Crippen LogP contribution in [0.1, 0.15) is 5.56 Å². The number of rotatable bonds is 8. The summed E-state index contributed by atoms with van der Waals surface area (Å²) in [4.78, 5) is 11.1. The molecule has 0 aliphatic carbocycles. The predicted molar refractivity (Wildman–Crippen MR) is 115 cm³/mol. The van der Waals surface area contributed by atoms with Crippen molar-refractivity contribution in [3.8, 4) is 16.9 Å². The summed E-state index contributed by atoms with van der Waals surface area (Å²) in [5.74, 6) is -0.721. The Morgan fingerprint density at radius 3 is 2.43 bits per heavy atom. The molecule has 6 nitrogen and oxygen atoms in total. The largest absolute Gasteiger partial charge is 0.481 e. The lowest BCUT2D eigenvalue weighted by atomic mass is 10.0. The van der Waals surface area contributed by atoms with Crippen LogP contribution in [-0.2, 0) is 21.4 Å². The van der Waals surface area contributed by atoms with Crippen molar-refractivity contribution in [3.05, 3.63) is 83.4 Å². The van der Waals surface area contributed by atoms with Gasteiger partial charge in [-0.05, 0) is 47.5 Å². The molecular formula is C22H20ClNO5S. The fourth-order valence-electron chi connectivity index (χ4n) is 2.94. The lowest BCUT2D eigenvalue weighted by molar-refractivity contribution is -0.139. The van der Waals surface area contributed by atoms with E-state index in [9.17, 15) is 13.2 Å². The van der Waals surface area contributed by atoms with Crippen LogP contribution in [-0.4, -0.2) is 37.5 Å². The number of halogens is 1. The minimum Gasteiger partial charge on any atom is -0.481 e. The standard InChI is InChI=1S/C22H20ClNO5S/c1-24(30(27,28)19-8-3-2-4-9-19)14-16-10-11-21(29-15-22(25)26)20(12-16)17-6-5-7-18(23)13-17/h2-13H,14-15H2,1H3,(H,25,26). The summed E-state index contributed by atoms with van der Waals surface area (Å²) in [6.07, 6.45) is 0. The summed E-state index contributed by atoms with van der Waals surface area (Å²) in [7, 11) is -2.14. The second kappa shape index (κ2) is 9.30. The Hall–Kier alpha value is -2.87. The molecule has 0 bridgehead atoms. The van der Waals surface area contributed by atoms with Gasteiger partial charge in [-0.2, -0.15) is 4.31 Å². The highest BCUT2D eigenvalue weighted by Crippen LogP contribution is 2.33. The molecule has 0 atom stereocenters. The van der Waals surface area contributed by atoms with Gasteiger partial charge < -0.3 is 9.84 Å². The smallest absolute Gasteiger partial charge is 0.341 e. The molecule has 3 aromatic carbocycles. The average Bonchev–Trinajstić information content (AvgIpc) is 2.73. The van der Waals surface area contributed by atoms with Crippen LogP contribution in [0, 0.1) is 0 Å². The molecule has 0 radical (unpaired) electrons. The summed E-state index contributed by atoms with van der Waals surface area (Å²) in [5, 5.41) is 9.45. The van der Waals surface area contributed by atoms with Gasteiger partial charge in [0.2, 0.25) is 10.0 Å². The Balaban J connectivity index is 1.94. The highest BCUT2D eigenvalue weighted by molar-refractivity contribution is 7.89. The molecule has 1 N–H and O–H groups in total. The zero-order valence-corrected chi connectivity index (χ0v) is 17.7. The van der Waals surface area contributed by atoms with E-state index >= 15 is 0 Å². The molecule has 0 aromatic heterocycles. The molecule has 30 heavy (non-hydrogen) atoms. The van der Waals surface area contributed by atoms with Crippen molar-refractivity contribution in [2.45, 2.75) is 11.4 Å². The van der Waals surface area contributed by atoms with Crippen molar-refractivity contribution < 1.29 is 23.1 Å². The Morgan fingerprint density at radius 1 is 1.03 bits per heavy atom. The van der Waals surface area contributed by atoms with Crippen LogP contribution in [0.15, 0.2) is 77.7 Å². The van der Waals surface area contributed by atoms with Gasteiger partial charge in [0.15, 0.2) is 6.61 Å². The van der Waals surface area contributed by atoms with Gasteiger partial charge in [0.05, 0.1) is 4.90 Å². The number of nitrogens with zero attached hydrogens (tertiary/aromatic N) is 1. The molecule has 3 rings (SSSR count). The minimum absolute atomic E-state index is 0.129. The van der Waals surface area contributed by atoms with E-state index in [1.54, 1.807) is 66.7 Å². The molecule has 0 aliphatic rings. The number of hydrogen-bond donors (Lipinski definition) is 1. The molecule has 0 spiro atoms. The molecule has 0 aliphatic heterocycles. The first-order valence-corrected chi connectivity index (χ1v) is 10.8. The average molecular weight is 446 g/mol. The third-order valence-corrected chi connectivity index (χ3v) is 6.44. The molecule has 3 aromatic rings. The molecule has 0 heterocycles. The summed E-state index contributed by atoms with van der Waals surface area (Å²) in [5.41, 5.74) is 2.08. The van der Waals surface area contributed by atoms with Crippen molar-refractivity contribution in [3.63, 3.8) is 0 Å². The van der Waals surface area contributed by atoms with Crippen LogP contribution in [0.2, 0.25) is 5.02 Å². The van der Waals surface area contributed by atoms with Crippen molar-refractivity contribution in [2.24, 2.45) is 0 Å². The number of carboxylic acids is 1. The zero-order chi connectivity index (χ0) is 21.7. The molecule has 0 amide bonds. The number of sulfonamides is 1. The van der Waals surface area contributed by atoms with Gasteiger partial charge in [0.25, 0.3) is 0 Å². The van der Waals surface area contributed by atoms with Crippen molar-refractivity contribution >= 4 is 27.6 Å². The fraction of sp³-hybridized carbons (Fsp3) is 0.136. The monoisotopic (exact) mass is 445 g/mol. The third kappa shape index (κ3) is 5.18. The van der Waals surface area contributed by atoms with Crippen molar-refractivity contribution in [1.82, 2.24) is 4.31 Å². The first-order valence-electron chi connectivity index (χ1n) is 9.02. The fourth-order valence-corrected chi connectivity index (χ4v) is 4.31. The van der Waals surface area contributed by atoms with Gasteiger partial charge in [-0.3, -0.25) is 0 Å². The molecule has 156 valence electrons. The number of carboxylic acid groups (broad SMARTS) is 1. The lowest BCUT2D eigenvalue weighted by Crippen LogP contribution is -2.26. The first kappa shape index (κ1) is 21.8.